The summed E-state index contributed by atoms with van der Waals surface area (Å²) in [5.74, 6) is 0.950. The Morgan fingerprint density at radius 1 is 1.17 bits per heavy atom. The number of aryl methyl sites for hydroxylation is 2. The number of benzene rings is 1. The molecule has 2 fully saturated rings. The largest absolute Gasteiger partial charge is 0.447 e. The van der Waals surface area contributed by atoms with Gasteiger partial charge in [0.2, 0.25) is 0 Å². The molecule has 0 saturated carbocycles. The van der Waals surface area contributed by atoms with Gasteiger partial charge in [-0.1, -0.05) is 0 Å². The van der Waals surface area contributed by atoms with Crippen molar-refractivity contribution < 1.29 is 19.2 Å². The van der Waals surface area contributed by atoms with Gasteiger partial charge in [0, 0.05) is 11.9 Å². The standard InChI is InChI=1S/C22H23N5O3/c1-15-12-18(27-9-10-30-22(27)29)3-4-19(15)21(28)26-7-5-25(6-8-26)20-16(2)11-17(13-23)14-24-20/h3-4,11-12,14H,5-10H2,1-2H3/p+1. The van der Waals surface area contributed by atoms with Gasteiger partial charge in [-0.2, -0.15) is 5.26 Å². The van der Waals surface area contributed by atoms with E-state index in [2.05, 4.69) is 16.0 Å². The van der Waals surface area contributed by atoms with E-state index in [1.807, 2.05) is 38.1 Å². The minimum atomic E-state index is -0.345. The van der Waals surface area contributed by atoms with Gasteiger partial charge in [-0.3, -0.25) is 9.80 Å². The van der Waals surface area contributed by atoms with Gasteiger partial charge < -0.3 is 9.64 Å². The molecule has 2 aliphatic rings. The molecule has 0 radical (unpaired) electrons. The average molecular weight is 406 g/mol. The van der Waals surface area contributed by atoms with E-state index in [1.54, 1.807) is 11.1 Å². The fourth-order valence-electron chi connectivity index (χ4n) is 4.06. The summed E-state index contributed by atoms with van der Waals surface area (Å²) in [6, 6.07) is 9.45. The molecule has 30 heavy (non-hydrogen) atoms. The van der Waals surface area contributed by atoms with Gasteiger partial charge in [0.1, 0.15) is 31.6 Å². The van der Waals surface area contributed by atoms with Crippen LogP contribution in [0.1, 0.15) is 27.0 Å². The monoisotopic (exact) mass is 406 g/mol. The van der Waals surface area contributed by atoms with Crippen molar-refractivity contribution in [2.45, 2.75) is 13.8 Å². The topological polar surface area (TPSA) is 91.0 Å². The molecule has 1 aromatic carbocycles. The van der Waals surface area contributed by atoms with E-state index in [1.165, 1.54) is 0 Å². The maximum atomic E-state index is 13.1. The maximum Gasteiger partial charge on any atom is 0.414 e. The molecule has 2 aromatic rings. The van der Waals surface area contributed by atoms with E-state index in [4.69, 9.17) is 10.00 Å². The van der Waals surface area contributed by atoms with Gasteiger partial charge in [-0.25, -0.2) is 14.6 Å². The van der Waals surface area contributed by atoms with Crippen LogP contribution >= 0.6 is 0 Å². The summed E-state index contributed by atoms with van der Waals surface area (Å²) in [7, 11) is 0. The quantitative estimate of drug-likeness (QED) is 0.820. The van der Waals surface area contributed by atoms with E-state index in [9.17, 15) is 9.59 Å². The Morgan fingerprint density at radius 2 is 1.93 bits per heavy atom. The number of hydrogen-bond acceptors (Lipinski definition) is 6. The number of hydrogen-bond donors (Lipinski definition) is 1. The highest BCUT2D eigenvalue weighted by Gasteiger charge is 2.30. The second kappa shape index (κ2) is 8.13. The predicted molar refractivity (Wildman–Crippen MR) is 111 cm³/mol. The first-order valence-corrected chi connectivity index (χ1v) is 10.0. The molecule has 8 heteroatoms. The van der Waals surface area contributed by atoms with Crippen molar-refractivity contribution in [1.29, 1.82) is 5.26 Å². The van der Waals surface area contributed by atoms with E-state index in [0.29, 0.717) is 37.4 Å². The number of rotatable bonds is 3. The third-order valence-electron chi connectivity index (χ3n) is 5.69. The molecule has 154 valence electrons. The van der Waals surface area contributed by atoms with Crippen LogP contribution in [-0.4, -0.2) is 56.3 Å². The summed E-state index contributed by atoms with van der Waals surface area (Å²) in [6.45, 7) is 7.57. The molecule has 3 heterocycles. The van der Waals surface area contributed by atoms with E-state index in [0.717, 1.165) is 40.6 Å². The van der Waals surface area contributed by atoms with Gasteiger partial charge in [-0.05, 0) is 49.2 Å². The number of ether oxygens (including phenoxy) is 1. The van der Waals surface area contributed by atoms with E-state index in [-0.39, 0.29) is 12.0 Å². The molecule has 0 atom stereocenters. The lowest BCUT2D eigenvalue weighted by atomic mass is 10.1. The van der Waals surface area contributed by atoms with Crippen LogP contribution in [0.5, 0.6) is 0 Å². The van der Waals surface area contributed by atoms with Gasteiger partial charge in [0.15, 0.2) is 0 Å². The van der Waals surface area contributed by atoms with Crippen LogP contribution in [0, 0.1) is 25.2 Å². The summed E-state index contributed by atoms with van der Waals surface area (Å²) in [4.78, 5) is 34.0. The maximum absolute atomic E-state index is 13.1. The number of carbonyl (C=O) groups excluding carboxylic acids is 2. The molecular weight excluding hydrogens is 382 g/mol. The number of nitrogens with zero attached hydrogens (tertiary/aromatic N) is 4. The molecular formula is C22H24N5O3+. The molecule has 1 N–H and O–H groups in total. The number of carbonyl (C=O) groups is 2. The Morgan fingerprint density at radius 3 is 2.53 bits per heavy atom. The van der Waals surface area contributed by atoms with Crippen LogP contribution in [0.3, 0.4) is 0 Å². The van der Waals surface area contributed by atoms with Crippen molar-refractivity contribution in [3.05, 3.63) is 52.7 Å². The fourth-order valence-corrected chi connectivity index (χ4v) is 4.06. The van der Waals surface area contributed by atoms with Crippen molar-refractivity contribution in [1.82, 2.24) is 4.98 Å². The third kappa shape index (κ3) is 3.72. The highest BCUT2D eigenvalue weighted by molar-refractivity contribution is 5.93. The summed E-state index contributed by atoms with van der Waals surface area (Å²) in [5, 5.41) is 9.01. The van der Waals surface area contributed by atoms with Gasteiger partial charge in [0.25, 0.3) is 0 Å². The molecule has 4 rings (SSSR count). The number of nitriles is 1. The van der Waals surface area contributed by atoms with Crippen LogP contribution < -0.4 is 14.7 Å². The SMILES string of the molecule is Cc1cc(N2CCOC2=O)ccc1C(=O)[NH+]1CCN(c2ncc(C#N)cc2C)CC1. The predicted octanol–water partition coefficient (Wildman–Crippen LogP) is 1.07. The number of amides is 2. The summed E-state index contributed by atoms with van der Waals surface area (Å²) < 4.78 is 4.99. The van der Waals surface area contributed by atoms with Crippen molar-refractivity contribution in [3.63, 3.8) is 0 Å². The lowest BCUT2D eigenvalue weighted by Gasteiger charge is -2.32. The molecule has 2 aliphatic heterocycles. The molecule has 0 aliphatic carbocycles. The molecule has 8 nitrogen and oxygen atoms in total. The summed E-state index contributed by atoms with van der Waals surface area (Å²) >= 11 is 0. The Hall–Kier alpha value is -3.44. The van der Waals surface area contributed by atoms with Crippen molar-refractivity contribution in [2.75, 3.05) is 49.1 Å². The fraction of sp³-hybridized carbons (Fsp3) is 0.364. The second-order valence-electron chi connectivity index (χ2n) is 7.66. The second-order valence-corrected chi connectivity index (χ2v) is 7.66. The normalized spacial score (nSPS) is 17.0. The summed E-state index contributed by atoms with van der Waals surface area (Å²) in [6.07, 6.45) is 1.25. The first kappa shape index (κ1) is 19.9. The molecule has 2 amide bonds. The van der Waals surface area contributed by atoms with Crippen molar-refractivity contribution in [3.8, 4) is 6.07 Å². The van der Waals surface area contributed by atoms with Crippen LogP contribution in [0.25, 0.3) is 0 Å². The number of quaternary nitrogens is 1. The zero-order valence-corrected chi connectivity index (χ0v) is 17.1. The van der Waals surface area contributed by atoms with E-state index < -0.39 is 0 Å². The molecule has 0 spiro atoms. The Balaban J connectivity index is 1.43. The highest BCUT2D eigenvalue weighted by Crippen LogP contribution is 2.22. The number of nitrogens with one attached hydrogen (secondary N) is 1. The molecule has 0 bridgehead atoms. The van der Waals surface area contributed by atoms with Crippen LogP contribution in [0.2, 0.25) is 0 Å². The lowest BCUT2D eigenvalue weighted by Crippen LogP contribution is -3.17. The first-order valence-electron chi connectivity index (χ1n) is 10.0. The Labute approximate surface area is 175 Å². The minimum absolute atomic E-state index is 0.0761. The zero-order valence-electron chi connectivity index (χ0n) is 17.1. The van der Waals surface area contributed by atoms with Crippen LogP contribution in [-0.2, 0) is 4.74 Å². The Bertz CT molecular complexity index is 1040. The summed E-state index contributed by atoms with van der Waals surface area (Å²) in [5.41, 5.74) is 3.82. The molecule has 2 saturated heterocycles. The average Bonchev–Trinajstić information content (AvgIpc) is 3.19. The van der Waals surface area contributed by atoms with Gasteiger partial charge >= 0.3 is 12.0 Å². The lowest BCUT2D eigenvalue weighted by molar-refractivity contribution is -0.815. The molecule has 0 unspecified atom stereocenters. The number of anilines is 2. The van der Waals surface area contributed by atoms with Crippen molar-refractivity contribution in [2.24, 2.45) is 0 Å². The number of piperazine rings is 1. The first-order chi connectivity index (χ1) is 14.5. The van der Waals surface area contributed by atoms with E-state index >= 15 is 0 Å². The van der Waals surface area contributed by atoms with Gasteiger partial charge in [-0.15, -0.1) is 0 Å². The van der Waals surface area contributed by atoms with Crippen LogP contribution in [0.15, 0.2) is 30.5 Å². The zero-order chi connectivity index (χ0) is 21.3. The number of pyridine rings is 1. The smallest absolute Gasteiger partial charge is 0.414 e. The number of cyclic esters (lactones) is 1. The highest BCUT2D eigenvalue weighted by atomic mass is 16.6. The number of aromatic nitrogens is 1. The molecule has 1 aromatic heterocycles. The van der Waals surface area contributed by atoms with Gasteiger partial charge in [0.05, 0.1) is 30.8 Å². The minimum Gasteiger partial charge on any atom is -0.447 e. The van der Waals surface area contributed by atoms with Crippen LogP contribution in [0.4, 0.5) is 16.3 Å². The Kier molecular flexibility index (Phi) is 5.38. The van der Waals surface area contributed by atoms with Crippen molar-refractivity contribution >= 4 is 23.5 Å². The third-order valence-corrected chi connectivity index (χ3v) is 5.69.